The van der Waals surface area contributed by atoms with Crippen molar-refractivity contribution < 1.29 is 9.47 Å². The second-order valence-corrected chi connectivity index (χ2v) is 5.93. The van der Waals surface area contributed by atoms with Gasteiger partial charge in [-0.2, -0.15) is 5.26 Å². The fourth-order valence-electron chi connectivity index (χ4n) is 1.96. The van der Waals surface area contributed by atoms with Crippen LogP contribution in [0, 0.1) is 11.3 Å². The van der Waals surface area contributed by atoms with Crippen LogP contribution in [-0.2, 0) is 6.61 Å². The Bertz CT molecular complexity index is 736. The van der Waals surface area contributed by atoms with E-state index in [1.165, 1.54) is 6.08 Å². The van der Waals surface area contributed by atoms with Crippen molar-refractivity contribution in [3.63, 3.8) is 0 Å². The number of hydrogen-bond acceptors (Lipinski definition) is 3. The molecular formula is C18H15BrClNO2. The molecule has 0 aliphatic rings. The summed E-state index contributed by atoms with van der Waals surface area (Å²) in [6.07, 6.45) is 3.14. The molecule has 118 valence electrons. The first kappa shape index (κ1) is 17.4. The largest absolute Gasteiger partial charge is 0.490 e. The molecule has 0 fully saturated rings. The van der Waals surface area contributed by atoms with Crippen molar-refractivity contribution in [1.82, 2.24) is 0 Å². The first-order chi connectivity index (χ1) is 11.1. The van der Waals surface area contributed by atoms with Crippen molar-refractivity contribution in [3.05, 3.63) is 63.1 Å². The molecule has 0 atom stereocenters. The van der Waals surface area contributed by atoms with Crippen molar-refractivity contribution >= 4 is 33.6 Å². The fourth-order valence-corrected chi connectivity index (χ4v) is 2.66. The van der Waals surface area contributed by atoms with Gasteiger partial charge in [-0.3, -0.25) is 0 Å². The van der Waals surface area contributed by atoms with E-state index in [0.29, 0.717) is 29.7 Å². The second-order valence-electron chi connectivity index (χ2n) is 4.64. The molecule has 0 aromatic heterocycles. The Hall–Kier alpha value is -1.96. The average molecular weight is 393 g/mol. The van der Waals surface area contributed by atoms with E-state index < -0.39 is 0 Å². The van der Waals surface area contributed by atoms with E-state index in [-0.39, 0.29) is 0 Å². The van der Waals surface area contributed by atoms with Crippen LogP contribution in [0.4, 0.5) is 0 Å². The second kappa shape index (κ2) is 8.61. The summed E-state index contributed by atoms with van der Waals surface area (Å²) in [5.74, 6) is 1.27. The minimum atomic E-state index is 0.406. The molecular weight excluding hydrogens is 378 g/mol. The Balaban J connectivity index is 2.24. The summed E-state index contributed by atoms with van der Waals surface area (Å²) in [5, 5.41) is 9.33. The van der Waals surface area contributed by atoms with Gasteiger partial charge in [0, 0.05) is 11.1 Å². The van der Waals surface area contributed by atoms with Crippen LogP contribution in [0.15, 0.2) is 46.9 Å². The summed E-state index contributed by atoms with van der Waals surface area (Å²) in [4.78, 5) is 0. The van der Waals surface area contributed by atoms with Crippen LogP contribution in [0.5, 0.6) is 11.5 Å². The first-order valence-electron chi connectivity index (χ1n) is 7.03. The van der Waals surface area contributed by atoms with E-state index in [2.05, 4.69) is 15.9 Å². The van der Waals surface area contributed by atoms with Crippen LogP contribution < -0.4 is 9.47 Å². The lowest BCUT2D eigenvalue weighted by Gasteiger charge is -2.14. The number of halogens is 2. The molecule has 0 aliphatic carbocycles. The van der Waals surface area contributed by atoms with Gasteiger partial charge in [0.25, 0.3) is 0 Å². The normalized spacial score (nSPS) is 10.5. The van der Waals surface area contributed by atoms with Gasteiger partial charge in [-0.1, -0.05) is 23.7 Å². The van der Waals surface area contributed by atoms with E-state index in [9.17, 15) is 0 Å². The molecule has 2 aromatic carbocycles. The number of hydrogen-bond donors (Lipinski definition) is 0. The molecule has 2 aromatic rings. The maximum absolute atomic E-state index is 8.64. The predicted molar refractivity (Wildman–Crippen MR) is 95.7 cm³/mol. The Morgan fingerprint density at radius 3 is 2.61 bits per heavy atom. The molecule has 0 N–H and O–H groups in total. The van der Waals surface area contributed by atoms with Crippen molar-refractivity contribution in [2.45, 2.75) is 13.5 Å². The van der Waals surface area contributed by atoms with Crippen LogP contribution >= 0.6 is 27.5 Å². The molecule has 0 spiro atoms. The number of nitriles is 1. The van der Waals surface area contributed by atoms with Crippen LogP contribution in [0.25, 0.3) is 6.08 Å². The summed E-state index contributed by atoms with van der Waals surface area (Å²) in [5.41, 5.74) is 1.87. The molecule has 0 amide bonds. The third-order valence-electron chi connectivity index (χ3n) is 2.98. The molecule has 0 saturated carbocycles. The Labute approximate surface area is 149 Å². The summed E-state index contributed by atoms with van der Waals surface area (Å²) in [6, 6.07) is 13.2. The zero-order valence-corrected chi connectivity index (χ0v) is 14.9. The lowest BCUT2D eigenvalue weighted by molar-refractivity contribution is 0.267. The van der Waals surface area contributed by atoms with Gasteiger partial charge in [-0.15, -0.1) is 0 Å². The van der Waals surface area contributed by atoms with Crippen molar-refractivity contribution in [2.24, 2.45) is 0 Å². The number of allylic oxidation sites excluding steroid dienone is 1. The van der Waals surface area contributed by atoms with Gasteiger partial charge in [-0.05, 0) is 64.3 Å². The molecule has 3 nitrogen and oxygen atoms in total. The molecule has 5 heteroatoms. The highest BCUT2D eigenvalue weighted by Crippen LogP contribution is 2.37. The van der Waals surface area contributed by atoms with Crippen LogP contribution in [-0.4, -0.2) is 6.61 Å². The number of rotatable bonds is 6. The topological polar surface area (TPSA) is 42.2 Å². The SMILES string of the molecule is CCOc1cc(/C=C/C#N)cc(Br)c1OCc1ccc(Cl)cc1. The van der Waals surface area contributed by atoms with Gasteiger partial charge in [0.05, 0.1) is 17.1 Å². The Morgan fingerprint density at radius 2 is 1.96 bits per heavy atom. The van der Waals surface area contributed by atoms with Crippen molar-refractivity contribution in [1.29, 1.82) is 5.26 Å². The minimum Gasteiger partial charge on any atom is -0.490 e. The van der Waals surface area contributed by atoms with Gasteiger partial charge in [0.1, 0.15) is 6.61 Å². The highest BCUT2D eigenvalue weighted by Gasteiger charge is 2.12. The highest BCUT2D eigenvalue weighted by molar-refractivity contribution is 9.10. The molecule has 2 rings (SSSR count). The molecule has 0 saturated heterocycles. The third-order valence-corrected chi connectivity index (χ3v) is 3.82. The summed E-state index contributed by atoms with van der Waals surface area (Å²) in [7, 11) is 0. The zero-order chi connectivity index (χ0) is 16.7. The molecule has 0 radical (unpaired) electrons. The van der Waals surface area contributed by atoms with E-state index in [1.54, 1.807) is 6.08 Å². The monoisotopic (exact) mass is 391 g/mol. The standard InChI is InChI=1S/C18H15BrClNO2/c1-2-22-17-11-14(4-3-9-21)10-16(19)18(17)23-12-13-5-7-15(20)8-6-13/h3-8,10-11H,2,12H2,1H3/b4-3+. The van der Waals surface area contributed by atoms with Crippen LogP contribution in [0.3, 0.4) is 0 Å². The smallest absolute Gasteiger partial charge is 0.175 e. The van der Waals surface area contributed by atoms with E-state index >= 15 is 0 Å². The maximum Gasteiger partial charge on any atom is 0.175 e. The van der Waals surface area contributed by atoms with Gasteiger partial charge >= 0.3 is 0 Å². The zero-order valence-electron chi connectivity index (χ0n) is 12.6. The summed E-state index contributed by atoms with van der Waals surface area (Å²) in [6.45, 7) is 2.84. The van der Waals surface area contributed by atoms with E-state index in [0.717, 1.165) is 15.6 Å². The van der Waals surface area contributed by atoms with Gasteiger partial charge in [-0.25, -0.2) is 0 Å². The minimum absolute atomic E-state index is 0.406. The van der Waals surface area contributed by atoms with Crippen molar-refractivity contribution in [2.75, 3.05) is 6.61 Å². The first-order valence-corrected chi connectivity index (χ1v) is 8.21. The van der Waals surface area contributed by atoms with Gasteiger partial charge in [0.15, 0.2) is 11.5 Å². The summed E-state index contributed by atoms with van der Waals surface area (Å²) < 4.78 is 12.3. The number of benzene rings is 2. The lowest BCUT2D eigenvalue weighted by atomic mass is 10.2. The molecule has 0 unspecified atom stereocenters. The molecule has 23 heavy (non-hydrogen) atoms. The third kappa shape index (κ3) is 5.02. The average Bonchev–Trinajstić information content (AvgIpc) is 2.54. The van der Waals surface area contributed by atoms with E-state index in [4.69, 9.17) is 26.3 Å². The number of ether oxygens (including phenoxy) is 2. The Morgan fingerprint density at radius 1 is 1.22 bits per heavy atom. The van der Waals surface area contributed by atoms with Gasteiger partial charge < -0.3 is 9.47 Å². The lowest BCUT2D eigenvalue weighted by Crippen LogP contribution is -2.01. The molecule has 0 bridgehead atoms. The van der Waals surface area contributed by atoms with Crippen LogP contribution in [0.1, 0.15) is 18.1 Å². The quantitative estimate of drug-likeness (QED) is 0.599. The molecule has 0 aliphatic heterocycles. The molecule has 0 heterocycles. The van der Waals surface area contributed by atoms with E-state index in [1.807, 2.05) is 49.4 Å². The fraction of sp³-hybridized carbons (Fsp3) is 0.167. The number of nitrogens with zero attached hydrogens (tertiary/aromatic N) is 1. The Kier molecular flexibility index (Phi) is 6.52. The predicted octanol–water partition coefficient (Wildman–Crippen LogP) is 5.62. The van der Waals surface area contributed by atoms with Crippen LogP contribution in [0.2, 0.25) is 5.02 Å². The van der Waals surface area contributed by atoms with Gasteiger partial charge in [0.2, 0.25) is 0 Å². The maximum atomic E-state index is 8.64. The highest BCUT2D eigenvalue weighted by atomic mass is 79.9. The van der Waals surface area contributed by atoms with Crippen molar-refractivity contribution in [3.8, 4) is 17.6 Å². The summed E-state index contributed by atoms with van der Waals surface area (Å²) >= 11 is 9.38.